The Morgan fingerprint density at radius 3 is 2.81 bits per heavy atom. The standard InChI is InChI=1S/C20H30ClNO4/c1-4-10-26-20(9-5-6-15(2)14-20)19(23)22-16-7-8-18(17(21)13-16)25-12-11-24-3/h7-8,13,15H,4-6,9-12,14H2,1-3H3,(H,22,23)/t15-,20-/m0/s1. The number of rotatable bonds is 9. The highest BCUT2D eigenvalue weighted by Gasteiger charge is 2.42. The Hall–Kier alpha value is -1.30. The van der Waals surface area contributed by atoms with Crippen molar-refractivity contribution >= 4 is 23.2 Å². The molecule has 0 unspecified atom stereocenters. The fourth-order valence-corrected chi connectivity index (χ4v) is 3.61. The van der Waals surface area contributed by atoms with E-state index in [1.54, 1.807) is 25.3 Å². The summed E-state index contributed by atoms with van der Waals surface area (Å²) in [7, 11) is 1.62. The third kappa shape index (κ3) is 5.60. The largest absolute Gasteiger partial charge is 0.490 e. The molecule has 6 heteroatoms. The van der Waals surface area contributed by atoms with Crippen LogP contribution in [0.4, 0.5) is 5.69 Å². The molecule has 2 rings (SSSR count). The zero-order chi connectivity index (χ0) is 19.0. The molecule has 146 valence electrons. The zero-order valence-electron chi connectivity index (χ0n) is 16.0. The van der Waals surface area contributed by atoms with Crippen LogP contribution in [-0.4, -0.2) is 38.4 Å². The van der Waals surface area contributed by atoms with Crippen molar-refractivity contribution in [1.29, 1.82) is 0 Å². The lowest BCUT2D eigenvalue weighted by molar-refractivity contribution is -0.148. The Labute approximate surface area is 161 Å². The molecule has 0 heterocycles. The molecule has 26 heavy (non-hydrogen) atoms. The van der Waals surface area contributed by atoms with Gasteiger partial charge in [0.15, 0.2) is 0 Å². The number of hydrogen-bond donors (Lipinski definition) is 1. The highest BCUT2D eigenvalue weighted by molar-refractivity contribution is 6.32. The van der Waals surface area contributed by atoms with Gasteiger partial charge in [0.2, 0.25) is 0 Å². The molecule has 1 amide bonds. The fourth-order valence-electron chi connectivity index (χ4n) is 3.38. The number of nitrogens with one attached hydrogen (secondary N) is 1. The Kier molecular flexibility index (Phi) is 8.19. The molecule has 5 nitrogen and oxygen atoms in total. The van der Waals surface area contributed by atoms with Gasteiger partial charge in [-0.15, -0.1) is 0 Å². The number of amides is 1. The number of hydrogen-bond acceptors (Lipinski definition) is 4. The molecule has 0 saturated heterocycles. The molecule has 1 saturated carbocycles. The quantitative estimate of drug-likeness (QED) is 0.629. The smallest absolute Gasteiger partial charge is 0.256 e. The van der Waals surface area contributed by atoms with Crippen molar-refractivity contribution in [3.8, 4) is 5.75 Å². The van der Waals surface area contributed by atoms with E-state index in [4.69, 9.17) is 25.8 Å². The summed E-state index contributed by atoms with van der Waals surface area (Å²) in [6, 6.07) is 5.27. The minimum Gasteiger partial charge on any atom is -0.490 e. The van der Waals surface area contributed by atoms with Crippen molar-refractivity contribution in [2.24, 2.45) is 5.92 Å². The maximum absolute atomic E-state index is 13.0. The molecule has 1 fully saturated rings. The molecule has 0 radical (unpaired) electrons. The lowest BCUT2D eigenvalue weighted by Crippen LogP contribution is -2.48. The van der Waals surface area contributed by atoms with Crippen LogP contribution in [0.25, 0.3) is 0 Å². The predicted octanol–water partition coefficient (Wildman–Crippen LogP) is 4.68. The van der Waals surface area contributed by atoms with Gasteiger partial charge in [-0.2, -0.15) is 0 Å². The second kappa shape index (κ2) is 10.1. The van der Waals surface area contributed by atoms with Gasteiger partial charge in [-0.3, -0.25) is 4.79 Å². The topological polar surface area (TPSA) is 56.8 Å². The maximum atomic E-state index is 13.0. The normalized spacial score (nSPS) is 22.8. The minimum atomic E-state index is -0.742. The molecular weight excluding hydrogens is 354 g/mol. The summed E-state index contributed by atoms with van der Waals surface area (Å²) >= 11 is 6.27. The molecule has 0 aromatic heterocycles. The minimum absolute atomic E-state index is 0.0818. The van der Waals surface area contributed by atoms with Gasteiger partial charge >= 0.3 is 0 Å². The van der Waals surface area contributed by atoms with E-state index in [1.807, 2.05) is 0 Å². The molecule has 0 spiro atoms. The van der Waals surface area contributed by atoms with Crippen LogP contribution in [-0.2, 0) is 14.3 Å². The van der Waals surface area contributed by atoms with Gasteiger partial charge in [0.1, 0.15) is 18.0 Å². The number of halogens is 1. The zero-order valence-corrected chi connectivity index (χ0v) is 16.7. The molecule has 1 aromatic carbocycles. The molecule has 1 aromatic rings. The average molecular weight is 384 g/mol. The summed E-state index contributed by atoms with van der Waals surface area (Å²) in [6.07, 6.45) is 4.55. The molecule has 2 atom stereocenters. The van der Waals surface area contributed by atoms with Crippen molar-refractivity contribution in [2.75, 3.05) is 32.2 Å². The SMILES string of the molecule is CCCO[C@@]1(C(=O)Nc2ccc(OCCOC)c(Cl)c2)CCC[C@H](C)C1. The Balaban J connectivity index is 2.07. The lowest BCUT2D eigenvalue weighted by atomic mass is 9.78. The van der Waals surface area contributed by atoms with Gasteiger partial charge in [0, 0.05) is 19.4 Å². The Morgan fingerprint density at radius 2 is 2.15 bits per heavy atom. The first-order valence-electron chi connectivity index (χ1n) is 9.37. The van der Waals surface area contributed by atoms with Crippen LogP contribution in [0.3, 0.4) is 0 Å². The second-order valence-corrected chi connectivity index (χ2v) is 7.39. The van der Waals surface area contributed by atoms with Crippen molar-refractivity contribution in [3.63, 3.8) is 0 Å². The average Bonchev–Trinajstić information content (AvgIpc) is 2.62. The van der Waals surface area contributed by atoms with E-state index in [-0.39, 0.29) is 5.91 Å². The van der Waals surface area contributed by atoms with Gasteiger partial charge in [0.05, 0.1) is 11.6 Å². The van der Waals surface area contributed by atoms with Gasteiger partial charge in [-0.05, 0) is 49.8 Å². The van der Waals surface area contributed by atoms with Gasteiger partial charge in [-0.1, -0.05) is 31.9 Å². The van der Waals surface area contributed by atoms with Gasteiger partial charge in [0.25, 0.3) is 5.91 Å². The van der Waals surface area contributed by atoms with Crippen LogP contribution in [0.2, 0.25) is 5.02 Å². The monoisotopic (exact) mass is 383 g/mol. The molecule has 0 bridgehead atoms. The number of anilines is 1. The van der Waals surface area contributed by atoms with Gasteiger partial charge < -0.3 is 19.5 Å². The van der Waals surface area contributed by atoms with E-state index in [1.165, 1.54) is 0 Å². The summed E-state index contributed by atoms with van der Waals surface area (Å²) in [5, 5.41) is 3.45. The third-order valence-electron chi connectivity index (χ3n) is 4.69. The Bertz CT molecular complexity index is 595. The van der Waals surface area contributed by atoms with Crippen molar-refractivity contribution in [1.82, 2.24) is 0 Å². The number of carbonyl (C=O) groups excluding carboxylic acids is 1. The molecule has 1 aliphatic carbocycles. The highest BCUT2D eigenvalue weighted by Crippen LogP contribution is 2.37. The number of benzene rings is 1. The summed E-state index contributed by atoms with van der Waals surface area (Å²) in [6.45, 7) is 5.74. The van der Waals surface area contributed by atoms with E-state index in [9.17, 15) is 4.79 Å². The van der Waals surface area contributed by atoms with E-state index < -0.39 is 5.60 Å². The first-order chi connectivity index (χ1) is 12.5. The summed E-state index contributed by atoms with van der Waals surface area (Å²) in [5.41, 5.74) is -0.0925. The number of carbonyl (C=O) groups is 1. The fraction of sp³-hybridized carbons (Fsp3) is 0.650. The van der Waals surface area contributed by atoms with Crippen LogP contribution >= 0.6 is 11.6 Å². The Morgan fingerprint density at radius 1 is 1.35 bits per heavy atom. The summed E-state index contributed by atoms with van der Waals surface area (Å²) in [4.78, 5) is 13.0. The van der Waals surface area contributed by atoms with Crippen molar-refractivity contribution in [2.45, 2.75) is 51.6 Å². The summed E-state index contributed by atoms with van der Waals surface area (Å²) in [5.74, 6) is 0.970. The number of ether oxygens (including phenoxy) is 3. The van der Waals surface area contributed by atoms with Crippen molar-refractivity contribution in [3.05, 3.63) is 23.2 Å². The second-order valence-electron chi connectivity index (χ2n) is 6.98. The van der Waals surface area contributed by atoms with Gasteiger partial charge in [-0.25, -0.2) is 0 Å². The molecule has 1 N–H and O–H groups in total. The van der Waals surface area contributed by atoms with E-state index in [0.717, 1.165) is 32.1 Å². The van der Waals surface area contributed by atoms with E-state index >= 15 is 0 Å². The first-order valence-corrected chi connectivity index (χ1v) is 9.75. The number of methoxy groups -OCH3 is 1. The van der Waals surface area contributed by atoms with E-state index in [0.29, 0.717) is 42.2 Å². The molecule has 1 aliphatic rings. The predicted molar refractivity (Wildman–Crippen MR) is 104 cm³/mol. The van der Waals surface area contributed by atoms with Crippen molar-refractivity contribution < 1.29 is 19.0 Å². The van der Waals surface area contributed by atoms with E-state index in [2.05, 4.69) is 19.2 Å². The van der Waals surface area contributed by atoms with Crippen LogP contribution < -0.4 is 10.1 Å². The van der Waals surface area contributed by atoms with Crippen LogP contribution in [0, 0.1) is 5.92 Å². The van der Waals surface area contributed by atoms with Crippen LogP contribution in [0.5, 0.6) is 5.75 Å². The highest BCUT2D eigenvalue weighted by atomic mass is 35.5. The van der Waals surface area contributed by atoms with Crippen LogP contribution in [0.1, 0.15) is 46.0 Å². The van der Waals surface area contributed by atoms with Crippen LogP contribution in [0.15, 0.2) is 18.2 Å². The molecule has 0 aliphatic heterocycles. The summed E-state index contributed by atoms with van der Waals surface area (Å²) < 4.78 is 16.6. The molecular formula is C20H30ClNO4. The third-order valence-corrected chi connectivity index (χ3v) is 4.98. The maximum Gasteiger partial charge on any atom is 0.256 e. The lowest BCUT2D eigenvalue weighted by Gasteiger charge is -2.38. The first kappa shape index (κ1) is 21.0.